The van der Waals surface area contributed by atoms with Crippen molar-refractivity contribution in [1.82, 2.24) is 20.6 Å². The normalized spacial score (nSPS) is 28.1. The van der Waals surface area contributed by atoms with E-state index >= 15 is 0 Å². The Kier molecular flexibility index (Phi) is 8.05. The van der Waals surface area contributed by atoms with Crippen LogP contribution in [0.5, 0.6) is 0 Å². The molecule has 1 saturated heterocycles. The molecule has 11 heteroatoms. The molecule has 39 heavy (non-hydrogen) atoms. The molecule has 4 aliphatic rings. The van der Waals surface area contributed by atoms with Crippen LogP contribution in [0.3, 0.4) is 0 Å². The van der Waals surface area contributed by atoms with Crippen molar-refractivity contribution in [1.29, 1.82) is 0 Å². The zero-order chi connectivity index (χ0) is 27.6. The van der Waals surface area contributed by atoms with Gasteiger partial charge in [-0.15, -0.1) is 0 Å². The largest absolute Gasteiger partial charge is 0.484 e. The third-order valence-corrected chi connectivity index (χ3v) is 8.78. The SMILES string of the molecule is COC[C@@H](NC(=O)c1cnccn1)C(=O)N[C@@H](COCc1ccccc1)B1O[C@@H]2C[C@@H]3C[C@@H](C3(C)C)[C@]2(C)O1. The summed E-state index contributed by atoms with van der Waals surface area (Å²) in [5, 5.41) is 5.71. The summed E-state index contributed by atoms with van der Waals surface area (Å²) in [7, 11) is 0.784. The number of hydrogen-bond donors (Lipinski definition) is 2. The smallest absolute Gasteiger partial charge is 0.404 e. The molecule has 3 aliphatic carbocycles. The maximum absolute atomic E-state index is 13.5. The topological polar surface area (TPSA) is 121 Å². The van der Waals surface area contributed by atoms with Crippen molar-refractivity contribution in [3.63, 3.8) is 0 Å². The van der Waals surface area contributed by atoms with Crippen LogP contribution in [0.25, 0.3) is 0 Å². The first kappa shape index (κ1) is 27.7. The minimum absolute atomic E-state index is 0.0277. The van der Waals surface area contributed by atoms with Gasteiger partial charge in [0.2, 0.25) is 5.91 Å². The number of nitrogens with one attached hydrogen (secondary N) is 2. The van der Waals surface area contributed by atoms with Gasteiger partial charge in [-0.25, -0.2) is 4.98 Å². The van der Waals surface area contributed by atoms with Gasteiger partial charge in [-0.3, -0.25) is 14.6 Å². The Bertz CT molecular complexity index is 1160. The highest BCUT2D eigenvalue weighted by Gasteiger charge is 2.68. The summed E-state index contributed by atoms with van der Waals surface area (Å²) in [4.78, 5) is 34.1. The van der Waals surface area contributed by atoms with E-state index in [4.69, 9.17) is 18.8 Å². The van der Waals surface area contributed by atoms with E-state index in [1.54, 1.807) is 0 Å². The van der Waals surface area contributed by atoms with E-state index in [2.05, 4.69) is 41.4 Å². The van der Waals surface area contributed by atoms with Gasteiger partial charge in [0.15, 0.2) is 0 Å². The molecule has 1 aromatic heterocycles. The van der Waals surface area contributed by atoms with E-state index in [1.807, 2.05) is 30.3 Å². The lowest BCUT2D eigenvalue weighted by Gasteiger charge is -2.64. The highest BCUT2D eigenvalue weighted by molar-refractivity contribution is 6.48. The molecule has 6 atom stereocenters. The molecule has 0 spiro atoms. The third-order valence-electron chi connectivity index (χ3n) is 8.78. The van der Waals surface area contributed by atoms with Crippen LogP contribution in [0.1, 0.15) is 49.7 Å². The summed E-state index contributed by atoms with van der Waals surface area (Å²) >= 11 is 0. The fourth-order valence-corrected chi connectivity index (χ4v) is 6.42. The van der Waals surface area contributed by atoms with Gasteiger partial charge in [-0.05, 0) is 42.6 Å². The second-order valence-electron chi connectivity index (χ2n) is 11.5. The molecule has 4 fully saturated rings. The van der Waals surface area contributed by atoms with E-state index in [1.165, 1.54) is 25.7 Å². The maximum atomic E-state index is 13.5. The van der Waals surface area contributed by atoms with Crippen molar-refractivity contribution in [3.8, 4) is 0 Å². The number of hydrogen-bond acceptors (Lipinski definition) is 8. The van der Waals surface area contributed by atoms with Gasteiger partial charge in [-0.1, -0.05) is 44.2 Å². The lowest BCUT2D eigenvalue weighted by molar-refractivity contribution is -0.199. The molecule has 1 aliphatic heterocycles. The minimum atomic E-state index is -0.966. The number of amides is 2. The van der Waals surface area contributed by atoms with Crippen molar-refractivity contribution < 1.29 is 28.4 Å². The van der Waals surface area contributed by atoms with Crippen LogP contribution in [-0.4, -0.2) is 72.9 Å². The number of benzene rings is 1. The second kappa shape index (κ2) is 11.3. The molecule has 2 aromatic rings. The van der Waals surface area contributed by atoms with Crippen LogP contribution in [0, 0.1) is 17.3 Å². The van der Waals surface area contributed by atoms with Gasteiger partial charge in [0.1, 0.15) is 11.7 Å². The quantitative estimate of drug-likeness (QED) is 0.420. The lowest BCUT2D eigenvalue weighted by atomic mass is 9.43. The zero-order valence-corrected chi connectivity index (χ0v) is 23.0. The van der Waals surface area contributed by atoms with E-state index in [-0.39, 0.29) is 30.4 Å². The van der Waals surface area contributed by atoms with Gasteiger partial charge >= 0.3 is 7.12 Å². The molecular weight excluding hydrogens is 499 g/mol. The number of carbonyl (C=O) groups is 2. The summed E-state index contributed by atoms with van der Waals surface area (Å²) in [6, 6.07) is 8.86. The van der Waals surface area contributed by atoms with Crippen molar-refractivity contribution in [2.75, 3.05) is 20.3 Å². The Balaban J connectivity index is 1.29. The molecule has 0 radical (unpaired) electrons. The molecule has 10 nitrogen and oxygen atoms in total. The molecule has 1 aromatic carbocycles. The lowest BCUT2D eigenvalue weighted by Crippen LogP contribution is -2.65. The number of rotatable bonds is 11. The van der Waals surface area contributed by atoms with Crippen LogP contribution < -0.4 is 10.6 Å². The van der Waals surface area contributed by atoms with Gasteiger partial charge in [-0.2, -0.15) is 0 Å². The fourth-order valence-electron chi connectivity index (χ4n) is 6.42. The van der Waals surface area contributed by atoms with Gasteiger partial charge in [0.05, 0.1) is 43.7 Å². The first-order valence-electron chi connectivity index (χ1n) is 13.5. The number of ether oxygens (including phenoxy) is 2. The molecule has 2 N–H and O–H groups in total. The van der Waals surface area contributed by atoms with Gasteiger partial charge in [0.25, 0.3) is 5.91 Å². The standard InChI is InChI=1S/C28H37BN4O6/c1-27(2)19-12-22(27)28(3)23(13-19)38-29(39-28)24(17-37-15-18-8-6-5-7-9-18)33-26(35)21(16-36-4)32-25(34)20-14-30-10-11-31-20/h5-11,14,19,21-24H,12-13,15-17H2,1-4H3,(H,32,34)(H,33,35)/t19-,21+,22-,23+,24-,28-/m0/s1. The molecule has 2 heterocycles. The molecule has 3 saturated carbocycles. The van der Waals surface area contributed by atoms with E-state index in [0.29, 0.717) is 18.4 Å². The van der Waals surface area contributed by atoms with E-state index < -0.39 is 36.5 Å². The number of methoxy groups -OCH3 is 1. The van der Waals surface area contributed by atoms with Crippen molar-refractivity contribution in [2.24, 2.45) is 17.3 Å². The number of carbonyl (C=O) groups excluding carboxylic acids is 2. The first-order chi connectivity index (χ1) is 18.7. The van der Waals surface area contributed by atoms with Gasteiger partial charge in [0, 0.05) is 19.5 Å². The summed E-state index contributed by atoms with van der Waals surface area (Å²) in [5.41, 5.74) is 0.889. The summed E-state index contributed by atoms with van der Waals surface area (Å²) < 4.78 is 24.4. The second-order valence-corrected chi connectivity index (χ2v) is 11.5. The molecule has 2 bridgehead atoms. The van der Waals surface area contributed by atoms with Crippen molar-refractivity contribution in [3.05, 3.63) is 60.2 Å². The first-order valence-corrected chi connectivity index (χ1v) is 13.5. The Labute approximate surface area is 229 Å². The van der Waals surface area contributed by atoms with E-state index in [9.17, 15) is 9.59 Å². The predicted octanol–water partition coefficient (Wildman–Crippen LogP) is 2.19. The zero-order valence-electron chi connectivity index (χ0n) is 23.0. The predicted molar refractivity (Wildman–Crippen MR) is 143 cm³/mol. The highest BCUT2D eigenvalue weighted by atomic mass is 16.7. The summed E-state index contributed by atoms with van der Waals surface area (Å²) in [5.74, 6) is -0.567. The number of nitrogens with zero attached hydrogens (tertiary/aromatic N) is 2. The Morgan fingerprint density at radius 2 is 1.92 bits per heavy atom. The maximum Gasteiger partial charge on any atom is 0.484 e. The number of aromatic nitrogens is 2. The molecule has 2 amide bonds. The van der Waals surface area contributed by atoms with Crippen molar-refractivity contribution >= 4 is 18.9 Å². The van der Waals surface area contributed by atoms with Crippen LogP contribution in [0.15, 0.2) is 48.9 Å². The summed E-state index contributed by atoms with van der Waals surface area (Å²) in [6.07, 6.45) is 6.25. The molecule has 208 valence electrons. The van der Waals surface area contributed by atoms with Gasteiger partial charge < -0.3 is 29.4 Å². The molecule has 0 unspecified atom stereocenters. The molecular formula is C28H37BN4O6. The Morgan fingerprint density at radius 1 is 1.13 bits per heavy atom. The van der Waals surface area contributed by atoms with Crippen molar-refractivity contribution in [2.45, 2.75) is 63.9 Å². The fraction of sp³-hybridized carbons (Fsp3) is 0.571. The minimum Gasteiger partial charge on any atom is -0.404 e. The van der Waals surface area contributed by atoms with Crippen LogP contribution >= 0.6 is 0 Å². The highest BCUT2D eigenvalue weighted by Crippen LogP contribution is 2.65. The Morgan fingerprint density at radius 3 is 2.62 bits per heavy atom. The van der Waals surface area contributed by atoms with Crippen LogP contribution in [0.4, 0.5) is 0 Å². The average Bonchev–Trinajstić information content (AvgIpc) is 3.30. The Hall–Kier alpha value is -2.86. The third kappa shape index (κ3) is 5.59. The van der Waals surface area contributed by atoms with E-state index in [0.717, 1.165) is 18.4 Å². The van der Waals surface area contributed by atoms with Crippen LogP contribution in [-0.2, 0) is 30.2 Å². The summed E-state index contributed by atoms with van der Waals surface area (Å²) in [6.45, 7) is 7.27. The monoisotopic (exact) mass is 536 g/mol. The average molecular weight is 536 g/mol. The molecule has 6 rings (SSSR count). The van der Waals surface area contributed by atoms with Crippen LogP contribution in [0.2, 0.25) is 0 Å².